The molecule has 0 atom stereocenters. The van der Waals surface area contributed by atoms with Gasteiger partial charge in [-0.05, 0) is 72.6 Å². The first kappa shape index (κ1) is 23.9. The van der Waals surface area contributed by atoms with Crippen LogP contribution in [-0.2, 0) is 17.9 Å². The number of hydrogen-bond acceptors (Lipinski definition) is 5. The molecule has 0 radical (unpaired) electrons. The summed E-state index contributed by atoms with van der Waals surface area (Å²) in [4.78, 5) is 27.1. The van der Waals surface area contributed by atoms with Gasteiger partial charge in [0.25, 0.3) is 11.1 Å². The van der Waals surface area contributed by atoms with Crippen molar-refractivity contribution in [3.05, 3.63) is 98.9 Å². The van der Waals surface area contributed by atoms with Gasteiger partial charge >= 0.3 is 0 Å². The number of hydrogen-bond donors (Lipinski definition) is 0. The number of amides is 2. The first-order valence-corrected chi connectivity index (χ1v) is 12.1. The molecule has 0 N–H and O–H groups in total. The van der Waals surface area contributed by atoms with Crippen LogP contribution in [0.4, 0.5) is 4.79 Å². The van der Waals surface area contributed by atoms with Gasteiger partial charge in [-0.3, -0.25) is 14.5 Å². The summed E-state index contributed by atoms with van der Waals surface area (Å²) in [7, 11) is 0. The van der Waals surface area contributed by atoms with Gasteiger partial charge in [0.2, 0.25) is 0 Å². The highest BCUT2D eigenvalue weighted by Gasteiger charge is 2.35. The maximum Gasteiger partial charge on any atom is 0.293 e. The van der Waals surface area contributed by atoms with E-state index in [4.69, 9.17) is 21.1 Å². The number of ether oxygens (including phenoxy) is 2. The number of imide groups is 1. The van der Waals surface area contributed by atoms with Crippen LogP contribution in [0.1, 0.15) is 29.2 Å². The van der Waals surface area contributed by atoms with Crippen LogP contribution in [0.2, 0.25) is 5.02 Å². The Kier molecular flexibility index (Phi) is 7.60. The van der Waals surface area contributed by atoms with Gasteiger partial charge in [0, 0.05) is 5.02 Å². The van der Waals surface area contributed by atoms with Crippen LogP contribution in [0.25, 0.3) is 6.08 Å². The van der Waals surface area contributed by atoms with Crippen LogP contribution in [0.15, 0.2) is 71.6 Å². The summed E-state index contributed by atoms with van der Waals surface area (Å²) >= 11 is 6.89. The van der Waals surface area contributed by atoms with E-state index in [9.17, 15) is 9.59 Å². The van der Waals surface area contributed by atoms with E-state index in [-0.39, 0.29) is 17.7 Å². The summed E-state index contributed by atoms with van der Waals surface area (Å²) in [5.74, 6) is 0.878. The fourth-order valence-corrected chi connectivity index (χ4v) is 4.49. The molecule has 0 aliphatic carbocycles. The van der Waals surface area contributed by atoms with E-state index in [0.29, 0.717) is 34.6 Å². The van der Waals surface area contributed by atoms with Crippen molar-refractivity contribution in [2.24, 2.45) is 0 Å². The lowest BCUT2D eigenvalue weighted by Crippen LogP contribution is -2.27. The third kappa shape index (κ3) is 5.82. The fourth-order valence-electron chi connectivity index (χ4n) is 3.52. The summed E-state index contributed by atoms with van der Waals surface area (Å²) in [5, 5.41) is 0.400. The van der Waals surface area contributed by atoms with Gasteiger partial charge in [0.05, 0.1) is 18.1 Å². The van der Waals surface area contributed by atoms with Crippen LogP contribution in [0.5, 0.6) is 11.5 Å². The minimum Gasteiger partial charge on any atom is -0.490 e. The Labute approximate surface area is 208 Å². The Morgan fingerprint density at radius 1 is 0.941 bits per heavy atom. The highest BCUT2D eigenvalue weighted by molar-refractivity contribution is 8.18. The summed E-state index contributed by atoms with van der Waals surface area (Å²) in [5.41, 5.74) is 3.74. The maximum atomic E-state index is 12.9. The predicted octanol–water partition coefficient (Wildman–Crippen LogP) is 6.86. The zero-order valence-electron chi connectivity index (χ0n) is 18.9. The molecule has 3 aromatic rings. The minimum atomic E-state index is -0.294. The Hall–Kier alpha value is -3.22. The van der Waals surface area contributed by atoms with E-state index < -0.39 is 0 Å². The molecular formula is C27H24ClNO4S. The van der Waals surface area contributed by atoms with E-state index in [0.717, 1.165) is 34.0 Å². The molecule has 1 aliphatic rings. The van der Waals surface area contributed by atoms with Gasteiger partial charge in [-0.25, -0.2) is 0 Å². The molecule has 174 valence electrons. The number of carbonyl (C=O) groups excluding carboxylic acids is 2. The Balaban J connectivity index is 1.50. The van der Waals surface area contributed by atoms with Crippen molar-refractivity contribution in [2.75, 3.05) is 6.61 Å². The van der Waals surface area contributed by atoms with E-state index in [1.54, 1.807) is 6.08 Å². The van der Waals surface area contributed by atoms with Crippen molar-refractivity contribution < 1.29 is 19.1 Å². The molecule has 1 fully saturated rings. The van der Waals surface area contributed by atoms with Crippen molar-refractivity contribution in [3.8, 4) is 11.5 Å². The molecule has 4 rings (SSSR count). The van der Waals surface area contributed by atoms with E-state index in [1.807, 2.05) is 80.6 Å². The number of rotatable bonds is 8. The average Bonchev–Trinajstić information content (AvgIpc) is 3.07. The normalized spacial score (nSPS) is 14.7. The van der Waals surface area contributed by atoms with Crippen molar-refractivity contribution >= 4 is 40.6 Å². The lowest BCUT2D eigenvalue weighted by molar-refractivity contribution is -0.123. The second kappa shape index (κ2) is 10.8. The molecule has 34 heavy (non-hydrogen) atoms. The largest absolute Gasteiger partial charge is 0.490 e. The Morgan fingerprint density at radius 3 is 2.47 bits per heavy atom. The lowest BCUT2D eigenvalue weighted by atomic mass is 10.1. The minimum absolute atomic E-state index is 0.255. The number of carbonyl (C=O) groups is 2. The second-order valence-corrected chi connectivity index (χ2v) is 9.24. The summed E-state index contributed by atoms with van der Waals surface area (Å²) in [6.45, 7) is 4.97. The molecule has 1 aliphatic heterocycles. The molecule has 7 heteroatoms. The fraction of sp³-hybridized carbons (Fsp3) is 0.185. The second-order valence-electron chi connectivity index (χ2n) is 7.81. The zero-order valence-corrected chi connectivity index (χ0v) is 20.5. The predicted molar refractivity (Wildman–Crippen MR) is 136 cm³/mol. The van der Waals surface area contributed by atoms with Gasteiger partial charge in [-0.15, -0.1) is 0 Å². The molecule has 2 amide bonds. The smallest absolute Gasteiger partial charge is 0.293 e. The summed E-state index contributed by atoms with van der Waals surface area (Å²) in [6.07, 6.45) is 1.71. The molecule has 0 unspecified atom stereocenters. The highest BCUT2D eigenvalue weighted by atomic mass is 35.5. The molecular weight excluding hydrogens is 470 g/mol. The first-order valence-electron chi connectivity index (χ1n) is 10.9. The average molecular weight is 494 g/mol. The number of benzene rings is 3. The number of thioether (sulfide) groups is 1. The molecule has 1 heterocycles. The maximum absolute atomic E-state index is 12.9. The van der Waals surface area contributed by atoms with Crippen LogP contribution in [0, 0.1) is 6.92 Å². The zero-order chi connectivity index (χ0) is 24.1. The summed E-state index contributed by atoms with van der Waals surface area (Å²) < 4.78 is 11.7. The Bertz CT molecular complexity index is 1240. The molecule has 0 spiro atoms. The van der Waals surface area contributed by atoms with Crippen molar-refractivity contribution in [1.82, 2.24) is 4.90 Å². The quantitative estimate of drug-likeness (QED) is 0.321. The molecule has 5 nitrogen and oxygen atoms in total. The van der Waals surface area contributed by atoms with Gasteiger partial charge in [-0.1, -0.05) is 59.6 Å². The number of nitrogens with zero attached hydrogens (tertiary/aromatic N) is 1. The van der Waals surface area contributed by atoms with Crippen molar-refractivity contribution in [1.29, 1.82) is 0 Å². The van der Waals surface area contributed by atoms with Gasteiger partial charge < -0.3 is 9.47 Å². The van der Waals surface area contributed by atoms with Crippen LogP contribution < -0.4 is 9.47 Å². The van der Waals surface area contributed by atoms with E-state index in [2.05, 4.69) is 0 Å². The SMILES string of the molecule is CCOc1cc(/C=C2\SC(=O)N(Cc3cccc(C)c3)C2=O)ccc1OCc1ccc(Cl)cc1. The van der Waals surface area contributed by atoms with Crippen LogP contribution >= 0.6 is 23.4 Å². The number of halogens is 1. The van der Waals surface area contributed by atoms with Crippen LogP contribution in [0.3, 0.4) is 0 Å². The lowest BCUT2D eigenvalue weighted by Gasteiger charge is -2.13. The van der Waals surface area contributed by atoms with Gasteiger partial charge in [-0.2, -0.15) is 0 Å². The third-order valence-electron chi connectivity index (χ3n) is 5.17. The topological polar surface area (TPSA) is 55.8 Å². The standard InChI is InChI=1S/C27H24ClNO4S/c1-3-32-24-14-20(9-12-23(24)33-17-19-7-10-22(28)11-8-19)15-25-26(30)29(27(31)34-25)16-21-6-4-5-18(2)13-21/h4-15H,3,16-17H2,1-2H3/b25-15-. The molecule has 0 aromatic heterocycles. The van der Waals surface area contributed by atoms with Gasteiger partial charge in [0.15, 0.2) is 11.5 Å². The third-order valence-corrected chi connectivity index (χ3v) is 6.33. The van der Waals surface area contributed by atoms with E-state index >= 15 is 0 Å². The van der Waals surface area contributed by atoms with Gasteiger partial charge in [0.1, 0.15) is 6.61 Å². The molecule has 0 bridgehead atoms. The van der Waals surface area contributed by atoms with Crippen LogP contribution in [-0.4, -0.2) is 22.7 Å². The summed E-state index contributed by atoms with van der Waals surface area (Å²) in [6, 6.07) is 20.7. The molecule has 1 saturated heterocycles. The molecule has 3 aromatic carbocycles. The van der Waals surface area contributed by atoms with E-state index in [1.165, 1.54) is 4.90 Å². The number of aryl methyl sites for hydroxylation is 1. The van der Waals surface area contributed by atoms with Crippen molar-refractivity contribution in [2.45, 2.75) is 27.0 Å². The highest BCUT2D eigenvalue weighted by Crippen LogP contribution is 2.35. The monoisotopic (exact) mass is 493 g/mol. The molecule has 0 saturated carbocycles. The first-order chi connectivity index (χ1) is 16.4. The van der Waals surface area contributed by atoms with Crippen molar-refractivity contribution in [3.63, 3.8) is 0 Å². The Morgan fingerprint density at radius 2 is 1.74 bits per heavy atom.